The van der Waals surface area contributed by atoms with Gasteiger partial charge in [-0.05, 0) is 43.0 Å². The van der Waals surface area contributed by atoms with Gasteiger partial charge in [0.25, 0.3) is 5.91 Å². The molecule has 0 radical (unpaired) electrons. The van der Waals surface area contributed by atoms with Crippen molar-refractivity contribution in [2.75, 3.05) is 0 Å². The molecule has 21 heavy (non-hydrogen) atoms. The fourth-order valence-electron chi connectivity index (χ4n) is 2.07. The highest BCUT2D eigenvalue weighted by Crippen LogP contribution is 2.08. The lowest BCUT2D eigenvalue weighted by atomic mass is 10.1. The molecule has 0 bridgehead atoms. The number of nitrogens with zero attached hydrogens (tertiary/aromatic N) is 1. The SMILES string of the molecule is CCc1ccc(/C(C)=N\NC(=O)c2ccccc2C)cc1. The number of benzene rings is 2. The van der Waals surface area contributed by atoms with Gasteiger partial charge in [0, 0.05) is 5.56 Å². The summed E-state index contributed by atoms with van der Waals surface area (Å²) in [5.41, 5.74) is 7.29. The van der Waals surface area contributed by atoms with Crippen LogP contribution in [-0.4, -0.2) is 11.6 Å². The first-order valence-corrected chi connectivity index (χ1v) is 7.11. The van der Waals surface area contributed by atoms with Crippen molar-refractivity contribution in [1.29, 1.82) is 0 Å². The van der Waals surface area contributed by atoms with Crippen molar-refractivity contribution < 1.29 is 4.79 Å². The van der Waals surface area contributed by atoms with Gasteiger partial charge in [0.1, 0.15) is 0 Å². The minimum atomic E-state index is -0.183. The predicted molar refractivity (Wildman–Crippen MR) is 86.7 cm³/mol. The quantitative estimate of drug-likeness (QED) is 0.673. The van der Waals surface area contributed by atoms with Crippen LogP contribution in [0.1, 0.15) is 40.9 Å². The van der Waals surface area contributed by atoms with Gasteiger partial charge in [0.05, 0.1) is 5.71 Å². The zero-order valence-corrected chi connectivity index (χ0v) is 12.7. The van der Waals surface area contributed by atoms with E-state index < -0.39 is 0 Å². The second-order valence-corrected chi connectivity index (χ2v) is 5.00. The number of hydrogen-bond donors (Lipinski definition) is 1. The van der Waals surface area contributed by atoms with Crippen molar-refractivity contribution >= 4 is 11.6 Å². The summed E-state index contributed by atoms with van der Waals surface area (Å²) in [5, 5.41) is 4.18. The summed E-state index contributed by atoms with van der Waals surface area (Å²) < 4.78 is 0. The van der Waals surface area contributed by atoms with Gasteiger partial charge in [-0.1, -0.05) is 49.4 Å². The lowest BCUT2D eigenvalue weighted by Gasteiger charge is -2.06. The first-order chi connectivity index (χ1) is 10.1. The van der Waals surface area contributed by atoms with E-state index in [1.165, 1.54) is 5.56 Å². The fourth-order valence-corrected chi connectivity index (χ4v) is 2.07. The highest BCUT2D eigenvalue weighted by atomic mass is 16.2. The Kier molecular flexibility index (Phi) is 4.88. The smallest absolute Gasteiger partial charge is 0.267 e. The van der Waals surface area contributed by atoms with E-state index in [0.717, 1.165) is 23.3 Å². The fraction of sp³-hybridized carbons (Fsp3) is 0.222. The summed E-state index contributed by atoms with van der Waals surface area (Å²) in [4.78, 5) is 12.1. The largest absolute Gasteiger partial charge is 0.271 e. The van der Waals surface area contributed by atoms with Crippen LogP contribution < -0.4 is 5.43 Å². The molecule has 0 aromatic heterocycles. The summed E-state index contributed by atoms with van der Waals surface area (Å²) >= 11 is 0. The van der Waals surface area contributed by atoms with Crippen LogP contribution in [0, 0.1) is 6.92 Å². The molecular weight excluding hydrogens is 260 g/mol. The van der Waals surface area contributed by atoms with Crippen molar-refractivity contribution in [3.8, 4) is 0 Å². The third-order valence-electron chi connectivity index (χ3n) is 3.49. The van der Waals surface area contributed by atoms with Gasteiger partial charge >= 0.3 is 0 Å². The minimum Gasteiger partial charge on any atom is -0.267 e. The molecule has 0 saturated heterocycles. The van der Waals surface area contributed by atoms with Crippen LogP contribution in [0.2, 0.25) is 0 Å². The molecule has 1 N–H and O–H groups in total. The average molecular weight is 280 g/mol. The Balaban J connectivity index is 2.09. The lowest BCUT2D eigenvalue weighted by molar-refractivity contribution is 0.0954. The molecule has 3 heteroatoms. The van der Waals surface area contributed by atoms with Crippen molar-refractivity contribution in [3.05, 3.63) is 70.8 Å². The van der Waals surface area contributed by atoms with Crippen molar-refractivity contribution in [1.82, 2.24) is 5.43 Å². The van der Waals surface area contributed by atoms with Gasteiger partial charge in [-0.2, -0.15) is 5.10 Å². The molecule has 0 aliphatic carbocycles. The summed E-state index contributed by atoms with van der Waals surface area (Å²) in [7, 11) is 0. The maximum absolute atomic E-state index is 12.1. The number of hydrazone groups is 1. The summed E-state index contributed by atoms with van der Waals surface area (Å²) in [6, 6.07) is 15.7. The van der Waals surface area contributed by atoms with E-state index in [0.29, 0.717) is 5.56 Å². The molecule has 0 spiro atoms. The molecule has 0 unspecified atom stereocenters. The maximum atomic E-state index is 12.1. The Morgan fingerprint density at radius 2 is 1.76 bits per heavy atom. The molecule has 0 fully saturated rings. The minimum absolute atomic E-state index is 0.183. The summed E-state index contributed by atoms with van der Waals surface area (Å²) in [5.74, 6) is -0.183. The highest BCUT2D eigenvalue weighted by molar-refractivity contribution is 6.01. The zero-order chi connectivity index (χ0) is 15.2. The average Bonchev–Trinajstić information content (AvgIpc) is 2.52. The lowest BCUT2D eigenvalue weighted by Crippen LogP contribution is -2.20. The summed E-state index contributed by atoms with van der Waals surface area (Å²) in [6.45, 7) is 5.92. The Morgan fingerprint density at radius 1 is 1.10 bits per heavy atom. The van der Waals surface area contributed by atoms with Gasteiger partial charge in [-0.3, -0.25) is 4.79 Å². The number of rotatable bonds is 4. The van der Waals surface area contributed by atoms with Crippen LogP contribution in [-0.2, 0) is 6.42 Å². The van der Waals surface area contributed by atoms with Crippen LogP contribution >= 0.6 is 0 Å². The third kappa shape index (κ3) is 3.78. The molecular formula is C18H20N2O. The molecule has 0 atom stereocenters. The second kappa shape index (κ2) is 6.84. The van der Waals surface area contributed by atoms with Crippen LogP contribution in [0.4, 0.5) is 0 Å². The Morgan fingerprint density at radius 3 is 2.38 bits per heavy atom. The van der Waals surface area contributed by atoms with Gasteiger partial charge in [0.2, 0.25) is 0 Å². The van der Waals surface area contributed by atoms with Crippen LogP contribution in [0.5, 0.6) is 0 Å². The Hall–Kier alpha value is -2.42. The van der Waals surface area contributed by atoms with Gasteiger partial charge in [0.15, 0.2) is 0 Å². The second-order valence-electron chi connectivity index (χ2n) is 5.00. The van der Waals surface area contributed by atoms with Crippen molar-refractivity contribution in [2.45, 2.75) is 27.2 Å². The highest BCUT2D eigenvalue weighted by Gasteiger charge is 2.07. The maximum Gasteiger partial charge on any atom is 0.271 e. The first kappa shape index (κ1) is 15.0. The molecule has 0 aliphatic heterocycles. The van der Waals surface area contributed by atoms with Crippen LogP contribution in [0.15, 0.2) is 53.6 Å². The third-order valence-corrected chi connectivity index (χ3v) is 3.49. The predicted octanol–water partition coefficient (Wildman–Crippen LogP) is 3.71. The number of amides is 1. The van der Waals surface area contributed by atoms with Crippen LogP contribution in [0.25, 0.3) is 0 Å². The molecule has 0 saturated carbocycles. The number of carbonyl (C=O) groups excluding carboxylic acids is 1. The van der Waals surface area contributed by atoms with Gasteiger partial charge in [-0.25, -0.2) is 5.43 Å². The van der Waals surface area contributed by atoms with E-state index in [9.17, 15) is 4.79 Å². The topological polar surface area (TPSA) is 41.5 Å². The standard InChI is InChI=1S/C18H20N2O/c1-4-15-9-11-16(12-10-15)14(3)19-20-18(21)17-8-6-5-7-13(17)2/h5-12H,4H2,1-3H3,(H,20,21)/b19-14-. The Bertz CT molecular complexity index is 657. The summed E-state index contributed by atoms with van der Waals surface area (Å²) in [6.07, 6.45) is 1.01. The van der Waals surface area contributed by atoms with Gasteiger partial charge in [-0.15, -0.1) is 0 Å². The molecule has 1 amide bonds. The van der Waals surface area contributed by atoms with E-state index in [2.05, 4.69) is 29.6 Å². The number of carbonyl (C=O) groups is 1. The van der Waals surface area contributed by atoms with E-state index >= 15 is 0 Å². The molecule has 3 nitrogen and oxygen atoms in total. The normalized spacial score (nSPS) is 11.3. The van der Waals surface area contributed by atoms with E-state index in [1.807, 2.05) is 44.2 Å². The van der Waals surface area contributed by atoms with E-state index in [1.54, 1.807) is 6.07 Å². The monoisotopic (exact) mass is 280 g/mol. The van der Waals surface area contributed by atoms with Crippen molar-refractivity contribution in [3.63, 3.8) is 0 Å². The van der Waals surface area contributed by atoms with Crippen LogP contribution in [0.3, 0.4) is 0 Å². The first-order valence-electron chi connectivity index (χ1n) is 7.11. The molecule has 2 aromatic rings. The van der Waals surface area contributed by atoms with Gasteiger partial charge < -0.3 is 0 Å². The van der Waals surface area contributed by atoms with Crippen molar-refractivity contribution in [2.24, 2.45) is 5.10 Å². The molecule has 0 heterocycles. The molecule has 2 rings (SSSR count). The number of aryl methyl sites for hydroxylation is 2. The molecule has 2 aromatic carbocycles. The van der Waals surface area contributed by atoms with E-state index in [-0.39, 0.29) is 5.91 Å². The Labute approximate surface area is 125 Å². The van der Waals surface area contributed by atoms with E-state index in [4.69, 9.17) is 0 Å². The molecule has 108 valence electrons. The number of hydrogen-bond acceptors (Lipinski definition) is 2. The zero-order valence-electron chi connectivity index (χ0n) is 12.7. The molecule has 0 aliphatic rings. The number of nitrogens with one attached hydrogen (secondary N) is 1.